The molecule has 0 aliphatic heterocycles. The van der Waals surface area contributed by atoms with Gasteiger partial charge in [-0.25, -0.2) is 9.97 Å². The van der Waals surface area contributed by atoms with E-state index in [1.54, 1.807) is 0 Å². The van der Waals surface area contributed by atoms with Crippen LogP contribution in [-0.4, -0.2) is 9.97 Å². The monoisotopic (exact) mass is 626 g/mol. The molecule has 0 saturated heterocycles. The van der Waals surface area contributed by atoms with Crippen molar-refractivity contribution in [2.45, 2.75) is 19.3 Å². The fraction of sp³-hybridized carbons (Fsp3) is 0.0638. The van der Waals surface area contributed by atoms with Crippen molar-refractivity contribution in [1.29, 1.82) is 0 Å². The van der Waals surface area contributed by atoms with Crippen LogP contribution in [0.1, 0.15) is 25.0 Å². The normalized spacial score (nSPS) is 12.9. The van der Waals surface area contributed by atoms with Gasteiger partial charge in [-0.3, -0.25) is 0 Å². The molecule has 9 rings (SSSR count). The molecule has 0 radical (unpaired) electrons. The Bertz CT molecular complexity index is 2510. The second-order valence-corrected chi connectivity index (χ2v) is 13.4. The van der Waals surface area contributed by atoms with E-state index in [2.05, 4.69) is 184 Å². The number of fused-ring (bicyclic) bond motifs is 5. The van der Waals surface area contributed by atoms with Crippen molar-refractivity contribution < 1.29 is 0 Å². The third kappa shape index (κ3) is 4.88. The van der Waals surface area contributed by atoms with Gasteiger partial charge in [0.15, 0.2) is 5.82 Å². The van der Waals surface area contributed by atoms with Crippen molar-refractivity contribution in [3.05, 3.63) is 181 Å². The lowest BCUT2D eigenvalue weighted by molar-refractivity contribution is 0.664. The summed E-state index contributed by atoms with van der Waals surface area (Å²) >= 11 is 0. The number of rotatable bonds is 5. The van der Waals surface area contributed by atoms with Crippen molar-refractivity contribution in [2.24, 2.45) is 0 Å². The maximum atomic E-state index is 5.42. The zero-order valence-corrected chi connectivity index (χ0v) is 27.6. The lowest BCUT2D eigenvalue weighted by Gasteiger charge is -2.23. The molecule has 0 fully saturated rings. The molecule has 1 aliphatic carbocycles. The van der Waals surface area contributed by atoms with E-state index in [0.29, 0.717) is 0 Å². The molecule has 1 aromatic heterocycles. The zero-order valence-electron chi connectivity index (χ0n) is 27.6. The van der Waals surface area contributed by atoms with Crippen molar-refractivity contribution in [3.8, 4) is 67.2 Å². The van der Waals surface area contributed by atoms with E-state index in [0.717, 1.165) is 44.7 Å². The first-order chi connectivity index (χ1) is 24.1. The van der Waals surface area contributed by atoms with Crippen LogP contribution in [0, 0.1) is 0 Å². The molecule has 2 heteroatoms. The van der Waals surface area contributed by atoms with Crippen LogP contribution in [0.25, 0.3) is 78.1 Å². The summed E-state index contributed by atoms with van der Waals surface area (Å²) in [6.45, 7) is 4.65. The van der Waals surface area contributed by atoms with Gasteiger partial charge in [0.05, 0.1) is 11.2 Å². The highest BCUT2D eigenvalue weighted by molar-refractivity contribution is 6.02. The van der Waals surface area contributed by atoms with Gasteiger partial charge in [-0.05, 0) is 73.8 Å². The van der Waals surface area contributed by atoms with E-state index < -0.39 is 0 Å². The van der Waals surface area contributed by atoms with E-state index >= 15 is 0 Å². The Labute approximate surface area is 287 Å². The van der Waals surface area contributed by atoms with Crippen LogP contribution in [-0.2, 0) is 5.41 Å². The van der Waals surface area contributed by atoms with Gasteiger partial charge in [-0.2, -0.15) is 0 Å². The summed E-state index contributed by atoms with van der Waals surface area (Å²) in [5.41, 5.74) is 16.2. The molecule has 0 spiro atoms. The molecule has 2 nitrogen and oxygen atoms in total. The molecular weight excluding hydrogens is 593 g/mol. The molecule has 7 aromatic carbocycles. The number of benzene rings is 7. The summed E-state index contributed by atoms with van der Waals surface area (Å²) in [5.74, 6) is 0.735. The number of hydrogen-bond donors (Lipinski definition) is 0. The van der Waals surface area contributed by atoms with Crippen LogP contribution in [0.4, 0.5) is 0 Å². The molecule has 8 aromatic rings. The Morgan fingerprint density at radius 3 is 1.63 bits per heavy atom. The summed E-state index contributed by atoms with van der Waals surface area (Å²) in [6.07, 6.45) is 0. The highest BCUT2D eigenvalue weighted by Crippen LogP contribution is 2.51. The zero-order chi connectivity index (χ0) is 33.0. The third-order valence-electron chi connectivity index (χ3n) is 10.1. The molecule has 0 N–H and O–H groups in total. The van der Waals surface area contributed by atoms with E-state index in [4.69, 9.17) is 9.97 Å². The Kier molecular flexibility index (Phi) is 6.84. The number of hydrogen-bond acceptors (Lipinski definition) is 2. The molecule has 1 heterocycles. The van der Waals surface area contributed by atoms with Crippen LogP contribution in [0.2, 0.25) is 0 Å². The maximum absolute atomic E-state index is 5.42. The second-order valence-electron chi connectivity index (χ2n) is 13.4. The maximum Gasteiger partial charge on any atom is 0.160 e. The fourth-order valence-electron chi connectivity index (χ4n) is 7.70. The average Bonchev–Trinajstić information content (AvgIpc) is 3.41. The van der Waals surface area contributed by atoms with E-state index in [-0.39, 0.29) is 5.41 Å². The third-order valence-corrected chi connectivity index (χ3v) is 10.1. The quantitative estimate of drug-likeness (QED) is 0.190. The van der Waals surface area contributed by atoms with Crippen molar-refractivity contribution in [1.82, 2.24) is 9.97 Å². The lowest BCUT2D eigenvalue weighted by atomic mass is 9.81. The van der Waals surface area contributed by atoms with Gasteiger partial charge in [-0.15, -0.1) is 0 Å². The first-order valence-electron chi connectivity index (χ1n) is 16.9. The lowest BCUT2D eigenvalue weighted by Crippen LogP contribution is -2.16. The van der Waals surface area contributed by atoms with Gasteiger partial charge < -0.3 is 0 Å². The first-order valence-corrected chi connectivity index (χ1v) is 16.9. The van der Waals surface area contributed by atoms with Crippen LogP contribution < -0.4 is 0 Å². The molecule has 0 saturated carbocycles. The minimum atomic E-state index is -0.191. The molecule has 0 unspecified atom stereocenters. The summed E-state index contributed by atoms with van der Waals surface area (Å²) in [5, 5.41) is 1.08. The predicted octanol–water partition coefficient (Wildman–Crippen LogP) is 12.3. The highest BCUT2D eigenvalue weighted by atomic mass is 14.9. The van der Waals surface area contributed by atoms with Crippen molar-refractivity contribution in [2.75, 3.05) is 0 Å². The van der Waals surface area contributed by atoms with Gasteiger partial charge in [0.2, 0.25) is 0 Å². The minimum Gasteiger partial charge on any atom is -0.228 e. The fourth-order valence-corrected chi connectivity index (χ4v) is 7.70. The van der Waals surface area contributed by atoms with E-state index in [1.165, 1.54) is 44.5 Å². The summed E-state index contributed by atoms with van der Waals surface area (Å²) in [6, 6.07) is 60.6. The molecule has 232 valence electrons. The molecular formula is C47H34N2. The molecule has 0 bridgehead atoms. The van der Waals surface area contributed by atoms with Gasteiger partial charge >= 0.3 is 0 Å². The Morgan fingerprint density at radius 1 is 0.388 bits per heavy atom. The standard InChI is InChI=1S/C47H34N2/c1-47(2)42-26-12-11-25-39(42)40-27-28-41-44(32-17-7-4-8-18-32)48-46(49-45(41)43(40)47)36-22-14-20-34(30-36)33-19-13-21-35(29-33)38-24-10-9-23-37(38)31-15-5-3-6-16-31/h3-30H,1-2H3. The summed E-state index contributed by atoms with van der Waals surface area (Å²) < 4.78 is 0. The molecule has 0 amide bonds. The second kappa shape index (κ2) is 11.5. The van der Waals surface area contributed by atoms with Crippen LogP contribution in [0.5, 0.6) is 0 Å². The first kappa shape index (κ1) is 29.1. The predicted molar refractivity (Wildman–Crippen MR) is 204 cm³/mol. The van der Waals surface area contributed by atoms with E-state index in [9.17, 15) is 0 Å². The molecule has 49 heavy (non-hydrogen) atoms. The summed E-state index contributed by atoms with van der Waals surface area (Å²) in [7, 11) is 0. The van der Waals surface area contributed by atoms with Gasteiger partial charge in [0, 0.05) is 21.9 Å². The Hall–Kier alpha value is -6.12. The van der Waals surface area contributed by atoms with Gasteiger partial charge in [0.1, 0.15) is 0 Å². The Balaban J connectivity index is 1.20. The van der Waals surface area contributed by atoms with Gasteiger partial charge in [0.25, 0.3) is 0 Å². The smallest absolute Gasteiger partial charge is 0.160 e. The van der Waals surface area contributed by atoms with Gasteiger partial charge in [-0.1, -0.05) is 166 Å². The summed E-state index contributed by atoms with van der Waals surface area (Å²) in [4.78, 5) is 10.7. The van der Waals surface area contributed by atoms with Crippen LogP contribution >= 0.6 is 0 Å². The van der Waals surface area contributed by atoms with Crippen LogP contribution in [0.3, 0.4) is 0 Å². The average molecular weight is 627 g/mol. The molecule has 0 atom stereocenters. The van der Waals surface area contributed by atoms with Crippen LogP contribution in [0.15, 0.2) is 170 Å². The van der Waals surface area contributed by atoms with Crippen molar-refractivity contribution in [3.63, 3.8) is 0 Å². The SMILES string of the molecule is CC1(C)c2ccccc2-c2ccc3c(-c4ccccc4)nc(-c4cccc(-c5cccc(-c6ccccc6-c6ccccc6)c5)c4)nc3c21. The number of aromatic nitrogens is 2. The topological polar surface area (TPSA) is 25.8 Å². The Morgan fingerprint density at radius 2 is 0.918 bits per heavy atom. The van der Waals surface area contributed by atoms with Crippen molar-refractivity contribution >= 4 is 10.9 Å². The number of nitrogens with zero attached hydrogens (tertiary/aromatic N) is 2. The minimum absolute atomic E-state index is 0.191. The molecule has 1 aliphatic rings. The van der Waals surface area contributed by atoms with E-state index in [1.807, 2.05) is 0 Å². The highest BCUT2D eigenvalue weighted by Gasteiger charge is 2.37. The largest absolute Gasteiger partial charge is 0.228 e.